The topological polar surface area (TPSA) is 78.9 Å². The number of piperidine rings is 1. The summed E-state index contributed by atoms with van der Waals surface area (Å²) in [7, 11) is 0. The highest BCUT2D eigenvalue weighted by Crippen LogP contribution is 2.35. The Labute approximate surface area is 142 Å². The summed E-state index contributed by atoms with van der Waals surface area (Å²) < 4.78 is 43.9. The smallest absolute Gasteiger partial charge is 0.416 e. The Kier molecular flexibility index (Phi) is 5.76. The fourth-order valence-electron chi connectivity index (χ4n) is 2.64. The van der Waals surface area contributed by atoms with Crippen LogP contribution in [0.1, 0.15) is 25.3 Å². The highest BCUT2D eigenvalue weighted by atomic mass is 19.4. The Morgan fingerprint density at radius 3 is 2.72 bits per heavy atom. The van der Waals surface area contributed by atoms with Gasteiger partial charge in [-0.25, -0.2) is 4.79 Å². The number of urea groups is 1. The number of nitrogens with one attached hydrogen (secondary N) is 1. The van der Waals surface area contributed by atoms with Gasteiger partial charge in [-0.2, -0.15) is 13.2 Å². The molecule has 0 saturated carbocycles. The van der Waals surface area contributed by atoms with Crippen molar-refractivity contribution in [1.29, 1.82) is 0 Å². The molecule has 0 spiro atoms. The largest absolute Gasteiger partial charge is 0.492 e. The summed E-state index contributed by atoms with van der Waals surface area (Å²) in [5.41, 5.74) is -1.01. The van der Waals surface area contributed by atoms with Gasteiger partial charge in [0.2, 0.25) is 0 Å². The van der Waals surface area contributed by atoms with Gasteiger partial charge in [0.15, 0.2) is 0 Å². The van der Waals surface area contributed by atoms with Gasteiger partial charge < -0.3 is 20.1 Å². The first-order chi connectivity index (χ1) is 11.7. The molecule has 1 atom stereocenters. The van der Waals surface area contributed by atoms with Gasteiger partial charge in [-0.3, -0.25) is 4.79 Å². The highest BCUT2D eigenvalue weighted by molar-refractivity contribution is 5.91. The van der Waals surface area contributed by atoms with Gasteiger partial charge >= 0.3 is 18.2 Å². The molecule has 0 aromatic heterocycles. The first kappa shape index (κ1) is 18.9. The van der Waals surface area contributed by atoms with E-state index in [1.54, 1.807) is 6.92 Å². The highest BCUT2D eigenvalue weighted by Gasteiger charge is 2.32. The normalized spacial score (nSPS) is 17.9. The van der Waals surface area contributed by atoms with Gasteiger partial charge in [-0.1, -0.05) is 0 Å². The molecular formula is C16H19F3N2O4. The van der Waals surface area contributed by atoms with Gasteiger partial charge in [-0.05, 0) is 38.0 Å². The van der Waals surface area contributed by atoms with Crippen molar-refractivity contribution >= 4 is 17.7 Å². The number of carbonyl (C=O) groups excluding carboxylic acids is 1. The predicted molar refractivity (Wildman–Crippen MR) is 83.6 cm³/mol. The van der Waals surface area contributed by atoms with Crippen molar-refractivity contribution in [3.8, 4) is 5.75 Å². The molecule has 138 valence electrons. The van der Waals surface area contributed by atoms with Crippen LogP contribution in [0.2, 0.25) is 0 Å². The molecule has 1 aliphatic heterocycles. The van der Waals surface area contributed by atoms with Crippen molar-refractivity contribution in [1.82, 2.24) is 4.90 Å². The van der Waals surface area contributed by atoms with Crippen molar-refractivity contribution < 1.29 is 32.6 Å². The average Bonchev–Trinajstić information content (AvgIpc) is 2.55. The second-order valence-electron chi connectivity index (χ2n) is 5.70. The van der Waals surface area contributed by atoms with Gasteiger partial charge in [-0.15, -0.1) is 0 Å². The number of hydrogen-bond donors (Lipinski definition) is 2. The number of carboxylic acids is 1. The van der Waals surface area contributed by atoms with Crippen LogP contribution in [0, 0.1) is 5.92 Å². The molecule has 1 heterocycles. The number of amides is 2. The Morgan fingerprint density at radius 2 is 2.12 bits per heavy atom. The molecule has 1 aromatic carbocycles. The molecule has 0 aliphatic carbocycles. The third-order valence-corrected chi connectivity index (χ3v) is 3.91. The number of halogens is 3. The van der Waals surface area contributed by atoms with Crippen LogP contribution < -0.4 is 10.1 Å². The number of aliphatic carboxylic acids is 1. The van der Waals surface area contributed by atoms with E-state index in [1.807, 2.05) is 0 Å². The number of carbonyl (C=O) groups is 2. The number of rotatable bonds is 4. The molecular weight excluding hydrogens is 341 g/mol. The molecule has 2 amide bonds. The van der Waals surface area contributed by atoms with Crippen LogP contribution in [0.25, 0.3) is 0 Å². The SMILES string of the molecule is CCOc1ccc(C(F)(F)F)cc1NC(=O)N1CCCC(C(=O)O)C1. The summed E-state index contributed by atoms with van der Waals surface area (Å²) in [6.07, 6.45) is -3.57. The third-order valence-electron chi connectivity index (χ3n) is 3.91. The molecule has 2 N–H and O–H groups in total. The zero-order valence-corrected chi connectivity index (χ0v) is 13.6. The molecule has 1 unspecified atom stereocenters. The zero-order chi connectivity index (χ0) is 18.6. The van der Waals surface area contributed by atoms with E-state index in [4.69, 9.17) is 9.84 Å². The number of likely N-dealkylation sites (tertiary alicyclic amines) is 1. The summed E-state index contributed by atoms with van der Waals surface area (Å²) in [5, 5.41) is 11.5. The number of alkyl halides is 3. The van der Waals surface area contributed by atoms with Crippen LogP contribution in [0.15, 0.2) is 18.2 Å². The summed E-state index contributed by atoms with van der Waals surface area (Å²) >= 11 is 0. The fourth-order valence-corrected chi connectivity index (χ4v) is 2.64. The maximum atomic E-state index is 12.9. The van der Waals surface area contributed by atoms with Gasteiger partial charge in [0.25, 0.3) is 0 Å². The summed E-state index contributed by atoms with van der Waals surface area (Å²) in [5.74, 6) is -1.55. The Morgan fingerprint density at radius 1 is 1.40 bits per heavy atom. The number of nitrogens with zero attached hydrogens (tertiary/aromatic N) is 1. The van der Waals surface area contributed by atoms with E-state index in [9.17, 15) is 22.8 Å². The first-order valence-corrected chi connectivity index (χ1v) is 7.85. The zero-order valence-electron chi connectivity index (χ0n) is 13.6. The lowest BCUT2D eigenvalue weighted by Gasteiger charge is -2.31. The van der Waals surface area contributed by atoms with Crippen LogP contribution in [-0.4, -0.2) is 41.7 Å². The Bertz CT molecular complexity index is 649. The van der Waals surface area contributed by atoms with Gasteiger partial charge in [0, 0.05) is 13.1 Å². The lowest BCUT2D eigenvalue weighted by Crippen LogP contribution is -2.44. The maximum absolute atomic E-state index is 12.9. The van der Waals surface area contributed by atoms with Crippen LogP contribution in [0.3, 0.4) is 0 Å². The van der Waals surface area contributed by atoms with E-state index in [1.165, 1.54) is 4.90 Å². The van der Waals surface area contributed by atoms with Gasteiger partial charge in [0.1, 0.15) is 5.75 Å². The predicted octanol–water partition coefficient (Wildman–Crippen LogP) is 3.43. The minimum Gasteiger partial charge on any atom is -0.492 e. The van der Waals surface area contributed by atoms with Crippen molar-refractivity contribution in [3.63, 3.8) is 0 Å². The van der Waals surface area contributed by atoms with Crippen molar-refractivity contribution in [2.45, 2.75) is 25.9 Å². The van der Waals surface area contributed by atoms with Gasteiger partial charge in [0.05, 0.1) is 23.8 Å². The maximum Gasteiger partial charge on any atom is 0.416 e. The standard InChI is InChI=1S/C16H19F3N2O4/c1-2-25-13-6-5-11(16(17,18)19)8-12(13)20-15(24)21-7-3-4-10(9-21)14(22)23/h5-6,8,10H,2-4,7,9H2,1H3,(H,20,24)(H,22,23). The quantitative estimate of drug-likeness (QED) is 0.862. The van der Waals surface area contributed by atoms with Crippen LogP contribution in [0.5, 0.6) is 5.75 Å². The second kappa shape index (κ2) is 7.62. The molecule has 1 fully saturated rings. The second-order valence-corrected chi connectivity index (χ2v) is 5.70. The lowest BCUT2D eigenvalue weighted by molar-refractivity contribution is -0.143. The number of benzene rings is 1. The van der Waals surface area contributed by atoms with Crippen molar-refractivity contribution in [2.75, 3.05) is 25.0 Å². The first-order valence-electron chi connectivity index (χ1n) is 7.85. The summed E-state index contributed by atoms with van der Waals surface area (Å²) in [6.45, 7) is 2.26. The minimum atomic E-state index is -4.55. The van der Waals surface area contributed by atoms with Crippen LogP contribution in [-0.2, 0) is 11.0 Å². The molecule has 25 heavy (non-hydrogen) atoms. The summed E-state index contributed by atoms with van der Waals surface area (Å²) in [6, 6.07) is 2.19. The van der Waals surface area contributed by atoms with Crippen molar-refractivity contribution in [2.24, 2.45) is 5.92 Å². The van der Waals surface area contributed by atoms with E-state index < -0.39 is 29.7 Å². The molecule has 1 saturated heterocycles. The van der Waals surface area contributed by atoms with E-state index in [-0.39, 0.29) is 24.6 Å². The van der Waals surface area contributed by atoms with E-state index in [2.05, 4.69) is 5.32 Å². The summed E-state index contributed by atoms with van der Waals surface area (Å²) in [4.78, 5) is 24.7. The molecule has 2 rings (SSSR count). The number of hydrogen-bond acceptors (Lipinski definition) is 3. The molecule has 1 aliphatic rings. The van der Waals surface area contributed by atoms with E-state index in [0.29, 0.717) is 19.4 Å². The molecule has 0 bridgehead atoms. The van der Waals surface area contributed by atoms with Crippen LogP contribution in [0.4, 0.5) is 23.7 Å². The molecule has 0 radical (unpaired) electrons. The third kappa shape index (κ3) is 4.77. The Hall–Kier alpha value is -2.45. The Balaban J connectivity index is 2.19. The molecule has 9 heteroatoms. The van der Waals surface area contributed by atoms with Crippen LogP contribution >= 0.6 is 0 Å². The van der Waals surface area contributed by atoms with Crippen molar-refractivity contribution in [3.05, 3.63) is 23.8 Å². The lowest BCUT2D eigenvalue weighted by atomic mass is 9.99. The van der Waals surface area contributed by atoms with E-state index >= 15 is 0 Å². The number of anilines is 1. The average molecular weight is 360 g/mol. The molecule has 6 nitrogen and oxygen atoms in total. The van der Waals surface area contributed by atoms with E-state index in [0.717, 1.165) is 18.2 Å². The number of carboxylic acid groups (broad SMARTS) is 1. The minimum absolute atomic E-state index is 0.0180. The monoisotopic (exact) mass is 360 g/mol. The molecule has 1 aromatic rings. The fraction of sp³-hybridized carbons (Fsp3) is 0.500. The number of ether oxygens (including phenoxy) is 1.